The van der Waals surface area contributed by atoms with Gasteiger partial charge < -0.3 is 0 Å². The lowest BCUT2D eigenvalue weighted by Gasteiger charge is -2.14. The molecule has 1 atom stereocenters. The maximum absolute atomic E-state index is 11.5. The van der Waals surface area contributed by atoms with Crippen LogP contribution in [-0.4, -0.2) is 22.7 Å². The van der Waals surface area contributed by atoms with Crippen LogP contribution in [-0.2, 0) is 14.4 Å². The Kier molecular flexibility index (Phi) is 3.22. The monoisotopic (exact) mass is 198 g/mol. The highest BCUT2D eigenvalue weighted by atomic mass is 16.2. The third kappa shape index (κ3) is 1.92. The van der Waals surface area contributed by atoms with Crippen molar-refractivity contribution in [3.63, 3.8) is 0 Å². The number of carbonyl (C=O) groups excluding carboxylic acids is 3. The van der Waals surface area contributed by atoms with Gasteiger partial charge in [-0.3, -0.25) is 19.8 Å². The molecule has 5 nitrogen and oxygen atoms in total. The number of hydrazine groups is 1. The highest BCUT2D eigenvalue weighted by Gasteiger charge is 2.38. The zero-order valence-electron chi connectivity index (χ0n) is 8.37. The molecule has 1 heterocycles. The van der Waals surface area contributed by atoms with Crippen LogP contribution in [0.1, 0.15) is 33.1 Å². The zero-order valence-corrected chi connectivity index (χ0v) is 8.37. The van der Waals surface area contributed by atoms with E-state index in [1.54, 1.807) is 6.92 Å². The second-order valence-electron chi connectivity index (χ2n) is 3.27. The fourth-order valence-electron chi connectivity index (χ4n) is 1.34. The molecule has 14 heavy (non-hydrogen) atoms. The van der Waals surface area contributed by atoms with Crippen molar-refractivity contribution in [2.24, 2.45) is 5.92 Å². The van der Waals surface area contributed by atoms with Gasteiger partial charge in [-0.05, 0) is 6.42 Å². The van der Waals surface area contributed by atoms with E-state index >= 15 is 0 Å². The molecule has 0 bridgehead atoms. The van der Waals surface area contributed by atoms with E-state index in [1.165, 1.54) is 0 Å². The Morgan fingerprint density at radius 1 is 1.50 bits per heavy atom. The van der Waals surface area contributed by atoms with E-state index in [1.807, 2.05) is 6.92 Å². The van der Waals surface area contributed by atoms with Crippen molar-refractivity contribution in [1.82, 2.24) is 10.4 Å². The summed E-state index contributed by atoms with van der Waals surface area (Å²) < 4.78 is 0. The molecule has 0 spiro atoms. The first-order chi connectivity index (χ1) is 6.60. The molecule has 78 valence electrons. The van der Waals surface area contributed by atoms with Crippen LogP contribution in [0.5, 0.6) is 0 Å². The van der Waals surface area contributed by atoms with E-state index in [2.05, 4.69) is 5.43 Å². The molecular weight excluding hydrogens is 184 g/mol. The Labute approximate surface area is 82.4 Å². The summed E-state index contributed by atoms with van der Waals surface area (Å²) in [4.78, 5) is 33.8. The molecule has 1 aliphatic rings. The molecule has 0 aromatic heterocycles. The van der Waals surface area contributed by atoms with E-state index < -0.39 is 0 Å². The van der Waals surface area contributed by atoms with Gasteiger partial charge in [-0.25, -0.2) is 0 Å². The maximum atomic E-state index is 11.5. The van der Waals surface area contributed by atoms with Crippen LogP contribution in [0.25, 0.3) is 0 Å². The number of imide groups is 1. The van der Waals surface area contributed by atoms with E-state index in [9.17, 15) is 14.4 Å². The Morgan fingerprint density at radius 2 is 2.14 bits per heavy atom. The number of hydrogen-bond donors (Lipinski definition) is 1. The lowest BCUT2D eigenvalue weighted by Crippen LogP contribution is -2.45. The van der Waals surface area contributed by atoms with Crippen molar-refractivity contribution < 1.29 is 14.4 Å². The van der Waals surface area contributed by atoms with Crippen molar-refractivity contribution in [1.29, 1.82) is 0 Å². The molecule has 3 amide bonds. The molecule has 0 aromatic rings. The number of nitrogens with zero attached hydrogens (tertiary/aromatic N) is 1. The van der Waals surface area contributed by atoms with Crippen molar-refractivity contribution >= 4 is 17.7 Å². The molecule has 1 aliphatic heterocycles. The van der Waals surface area contributed by atoms with E-state index in [-0.39, 0.29) is 36.5 Å². The first-order valence-corrected chi connectivity index (χ1v) is 4.76. The summed E-state index contributed by atoms with van der Waals surface area (Å²) >= 11 is 0. The van der Waals surface area contributed by atoms with E-state index in [0.717, 1.165) is 5.01 Å². The molecule has 5 heteroatoms. The summed E-state index contributed by atoms with van der Waals surface area (Å²) in [6, 6.07) is 0. The van der Waals surface area contributed by atoms with Crippen molar-refractivity contribution in [3.05, 3.63) is 0 Å². The second kappa shape index (κ2) is 4.21. The number of nitrogens with one attached hydrogen (secondary N) is 1. The van der Waals surface area contributed by atoms with Crippen LogP contribution in [0.15, 0.2) is 0 Å². The largest absolute Gasteiger partial charge is 0.273 e. The summed E-state index contributed by atoms with van der Waals surface area (Å²) in [6.45, 7) is 3.51. The zero-order chi connectivity index (χ0) is 10.7. The van der Waals surface area contributed by atoms with Crippen LogP contribution < -0.4 is 5.43 Å². The average Bonchev–Trinajstić information content (AvgIpc) is 2.44. The van der Waals surface area contributed by atoms with Gasteiger partial charge in [0.05, 0.1) is 0 Å². The fraction of sp³-hybridized carbons (Fsp3) is 0.667. The number of hydrogen-bond acceptors (Lipinski definition) is 3. The minimum Gasteiger partial charge on any atom is -0.273 e. The van der Waals surface area contributed by atoms with Gasteiger partial charge in [0, 0.05) is 18.8 Å². The van der Waals surface area contributed by atoms with Gasteiger partial charge in [-0.1, -0.05) is 13.8 Å². The standard InChI is InChI=1S/C9H14N2O3/c1-3-6-5-8(13)11(9(6)14)10-7(12)4-2/h6H,3-5H2,1-2H3,(H,10,12). The smallest absolute Gasteiger partial charge is 0.251 e. The maximum Gasteiger partial charge on any atom is 0.251 e. The van der Waals surface area contributed by atoms with E-state index in [0.29, 0.717) is 6.42 Å². The lowest BCUT2D eigenvalue weighted by atomic mass is 10.1. The fourth-order valence-corrected chi connectivity index (χ4v) is 1.34. The van der Waals surface area contributed by atoms with Crippen molar-refractivity contribution in [3.8, 4) is 0 Å². The first-order valence-electron chi connectivity index (χ1n) is 4.76. The van der Waals surface area contributed by atoms with Gasteiger partial charge in [0.25, 0.3) is 5.91 Å². The Hall–Kier alpha value is -1.39. The Morgan fingerprint density at radius 3 is 2.57 bits per heavy atom. The SMILES string of the molecule is CCC(=O)NN1C(=O)CC(CC)C1=O. The number of rotatable bonds is 3. The second-order valence-corrected chi connectivity index (χ2v) is 3.27. The van der Waals surface area contributed by atoms with Crippen molar-refractivity contribution in [2.45, 2.75) is 33.1 Å². The summed E-state index contributed by atoms with van der Waals surface area (Å²) in [5.74, 6) is -1.19. The van der Waals surface area contributed by atoms with Crippen LogP contribution in [0.4, 0.5) is 0 Å². The molecule has 0 aromatic carbocycles. The Balaban J connectivity index is 2.65. The molecule has 1 rings (SSSR count). The van der Waals surface area contributed by atoms with Crippen LogP contribution >= 0.6 is 0 Å². The average molecular weight is 198 g/mol. The first kappa shape index (κ1) is 10.7. The highest BCUT2D eigenvalue weighted by molar-refractivity contribution is 6.04. The van der Waals surface area contributed by atoms with E-state index in [4.69, 9.17) is 0 Å². The molecule has 1 N–H and O–H groups in total. The summed E-state index contributed by atoms with van der Waals surface area (Å²) in [5.41, 5.74) is 2.29. The normalized spacial score (nSPS) is 21.6. The molecular formula is C9H14N2O3. The van der Waals surface area contributed by atoms with Crippen molar-refractivity contribution in [2.75, 3.05) is 0 Å². The topological polar surface area (TPSA) is 66.5 Å². The molecule has 1 fully saturated rings. The molecule has 0 aliphatic carbocycles. The van der Waals surface area contributed by atoms with Gasteiger partial charge in [-0.2, -0.15) is 5.01 Å². The minimum atomic E-state index is -0.316. The summed E-state index contributed by atoms with van der Waals surface area (Å²) in [5, 5.41) is 0.847. The highest BCUT2D eigenvalue weighted by Crippen LogP contribution is 2.20. The number of amides is 3. The third-order valence-electron chi connectivity index (χ3n) is 2.29. The van der Waals surface area contributed by atoms with Gasteiger partial charge in [-0.15, -0.1) is 0 Å². The van der Waals surface area contributed by atoms with Crippen LogP contribution in [0, 0.1) is 5.92 Å². The molecule has 0 radical (unpaired) electrons. The summed E-state index contributed by atoms with van der Waals surface area (Å²) in [6.07, 6.45) is 1.09. The van der Waals surface area contributed by atoms with Crippen LogP contribution in [0.3, 0.4) is 0 Å². The quantitative estimate of drug-likeness (QED) is 0.659. The number of carbonyl (C=O) groups is 3. The lowest BCUT2D eigenvalue weighted by molar-refractivity contribution is -0.148. The van der Waals surface area contributed by atoms with Gasteiger partial charge in [0.1, 0.15) is 0 Å². The Bertz CT molecular complexity index is 275. The van der Waals surface area contributed by atoms with Crippen LogP contribution in [0.2, 0.25) is 0 Å². The molecule has 0 saturated carbocycles. The van der Waals surface area contributed by atoms with Gasteiger partial charge in [0.15, 0.2) is 0 Å². The minimum absolute atomic E-state index is 0.208. The van der Waals surface area contributed by atoms with Gasteiger partial charge in [0.2, 0.25) is 11.8 Å². The predicted octanol–water partition coefficient (Wildman–Crippen LogP) is 0.213. The predicted molar refractivity (Wildman–Crippen MR) is 48.7 cm³/mol. The van der Waals surface area contributed by atoms with Gasteiger partial charge >= 0.3 is 0 Å². The summed E-state index contributed by atoms with van der Waals surface area (Å²) in [7, 11) is 0. The third-order valence-corrected chi connectivity index (χ3v) is 2.29. The molecule has 1 unspecified atom stereocenters. The molecule has 1 saturated heterocycles.